The first-order chi connectivity index (χ1) is 11.6. The highest BCUT2D eigenvalue weighted by molar-refractivity contribution is 6.07. The van der Waals surface area contributed by atoms with E-state index in [0.29, 0.717) is 16.8 Å². The Kier molecular flexibility index (Phi) is 4.08. The minimum absolute atomic E-state index is 0.0620. The Morgan fingerprint density at radius 2 is 2.00 bits per heavy atom. The lowest BCUT2D eigenvalue weighted by atomic mass is 10.1. The molecule has 3 rings (SSSR count). The molecule has 3 aromatic rings. The van der Waals surface area contributed by atoms with Crippen LogP contribution in [0.5, 0.6) is 0 Å². The summed E-state index contributed by atoms with van der Waals surface area (Å²) < 4.78 is 18.3. The lowest BCUT2D eigenvalue weighted by molar-refractivity contribution is 0.102. The largest absolute Gasteiger partial charge is 0.443 e. The molecule has 1 amide bonds. The summed E-state index contributed by atoms with van der Waals surface area (Å²) in [5.74, 6) is -0.661. The van der Waals surface area contributed by atoms with Crippen molar-refractivity contribution in [2.24, 2.45) is 0 Å². The maximum Gasteiger partial charge on any atom is 0.278 e. The van der Waals surface area contributed by atoms with Crippen LogP contribution in [0.15, 0.2) is 53.3 Å². The number of hydrogen-bond acceptors (Lipinski definition) is 4. The molecule has 0 unspecified atom stereocenters. The Labute approximate surface area is 137 Å². The van der Waals surface area contributed by atoms with Crippen LogP contribution in [-0.4, -0.2) is 10.9 Å². The van der Waals surface area contributed by atoms with Crippen LogP contribution in [0, 0.1) is 24.1 Å². The molecule has 5 nitrogen and oxygen atoms in total. The molecule has 0 saturated carbocycles. The fraction of sp³-hybridized carbons (Fsp3) is 0.0556. The van der Waals surface area contributed by atoms with Crippen molar-refractivity contribution in [3.05, 3.63) is 71.5 Å². The highest BCUT2D eigenvalue weighted by Crippen LogP contribution is 2.25. The number of aryl methyl sites for hydroxylation is 1. The SMILES string of the molecule is Cc1cccc(NC(=O)c2ncoc2-c2ccc(F)cc2)c1C#N. The van der Waals surface area contributed by atoms with Crippen molar-refractivity contribution in [1.82, 2.24) is 4.98 Å². The number of amides is 1. The molecule has 0 saturated heterocycles. The number of oxazole rings is 1. The molecule has 118 valence electrons. The van der Waals surface area contributed by atoms with E-state index in [4.69, 9.17) is 4.42 Å². The Balaban J connectivity index is 1.93. The Bertz CT molecular complexity index is 940. The van der Waals surface area contributed by atoms with Crippen molar-refractivity contribution in [2.45, 2.75) is 6.92 Å². The van der Waals surface area contributed by atoms with Gasteiger partial charge in [0.05, 0.1) is 11.3 Å². The molecule has 0 atom stereocenters. The fourth-order valence-electron chi connectivity index (χ4n) is 2.32. The summed E-state index contributed by atoms with van der Waals surface area (Å²) in [5.41, 5.74) is 2.14. The summed E-state index contributed by atoms with van der Waals surface area (Å²) in [5, 5.41) is 11.9. The molecule has 0 aliphatic rings. The highest BCUT2D eigenvalue weighted by atomic mass is 19.1. The normalized spacial score (nSPS) is 10.2. The lowest BCUT2D eigenvalue weighted by Crippen LogP contribution is -2.14. The van der Waals surface area contributed by atoms with E-state index in [-0.39, 0.29) is 17.3 Å². The van der Waals surface area contributed by atoms with Gasteiger partial charge in [-0.3, -0.25) is 4.79 Å². The topological polar surface area (TPSA) is 78.9 Å². The van der Waals surface area contributed by atoms with E-state index in [1.54, 1.807) is 25.1 Å². The average molecular weight is 321 g/mol. The lowest BCUT2D eigenvalue weighted by Gasteiger charge is -2.08. The quantitative estimate of drug-likeness (QED) is 0.793. The summed E-state index contributed by atoms with van der Waals surface area (Å²) in [6, 6.07) is 12.8. The van der Waals surface area contributed by atoms with Gasteiger partial charge in [0.25, 0.3) is 5.91 Å². The second-order valence-corrected chi connectivity index (χ2v) is 5.10. The van der Waals surface area contributed by atoms with Crippen molar-refractivity contribution >= 4 is 11.6 Å². The zero-order valence-corrected chi connectivity index (χ0v) is 12.7. The molecule has 2 aromatic carbocycles. The highest BCUT2D eigenvalue weighted by Gasteiger charge is 2.19. The second-order valence-electron chi connectivity index (χ2n) is 5.10. The van der Waals surface area contributed by atoms with Crippen molar-refractivity contribution in [3.63, 3.8) is 0 Å². The van der Waals surface area contributed by atoms with Crippen LogP contribution >= 0.6 is 0 Å². The first kappa shape index (κ1) is 15.4. The number of benzene rings is 2. The van der Waals surface area contributed by atoms with Crippen LogP contribution in [0.4, 0.5) is 10.1 Å². The average Bonchev–Trinajstić information content (AvgIpc) is 3.05. The molecular formula is C18H12FN3O2. The summed E-state index contributed by atoms with van der Waals surface area (Å²) in [7, 11) is 0. The molecule has 0 radical (unpaired) electrons. The standard InChI is InChI=1S/C18H12FN3O2/c1-11-3-2-4-15(14(11)9-20)22-18(23)16-17(24-10-21-16)12-5-7-13(19)8-6-12/h2-8,10H,1H3,(H,22,23). The summed E-state index contributed by atoms with van der Waals surface area (Å²) in [6.07, 6.45) is 1.15. The molecule has 0 spiro atoms. The number of hydrogen-bond donors (Lipinski definition) is 1. The second kappa shape index (κ2) is 6.34. The third-order valence-electron chi connectivity index (χ3n) is 3.52. The van der Waals surface area contributed by atoms with Crippen LogP contribution in [0.1, 0.15) is 21.6 Å². The monoisotopic (exact) mass is 321 g/mol. The maximum atomic E-state index is 13.0. The predicted molar refractivity (Wildman–Crippen MR) is 85.7 cm³/mol. The summed E-state index contributed by atoms with van der Waals surface area (Å²) in [6.45, 7) is 1.79. The van der Waals surface area contributed by atoms with E-state index in [1.807, 2.05) is 0 Å². The van der Waals surface area contributed by atoms with E-state index >= 15 is 0 Å². The number of rotatable bonds is 3. The molecular weight excluding hydrogens is 309 g/mol. The number of aromatic nitrogens is 1. The van der Waals surface area contributed by atoms with Gasteiger partial charge in [-0.1, -0.05) is 12.1 Å². The van der Waals surface area contributed by atoms with Gasteiger partial charge in [0.15, 0.2) is 17.8 Å². The summed E-state index contributed by atoms with van der Waals surface area (Å²) >= 11 is 0. The van der Waals surface area contributed by atoms with Crippen molar-refractivity contribution in [3.8, 4) is 17.4 Å². The minimum Gasteiger partial charge on any atom is -0.443 e. The Morgan fingerprint density at radius 3 is 2.71 bits per heavy atom. The third kappa shape index (κ3) is 2.88. The number of nitrogens with zero attached hydrogens (tertiary/aromatic N) is 2. The molecule has 1 aromatic heterocycles. The van der Waals surface area contributed by atoms with Gasteiger partial charge >= 0.3 is 0 Å². The van der Waals surface area contributed by atoms with E-state index in [0.717, 1.165) is 12.0 Å². The van der Waals surface area contributed by atoms with Crippen LogP contribution < -0.4 is 5.32 Å². The molecule has 0 fully saturated rings. The van der Waals surface area contributed by atoms with Gasteiger partial charge in [0.2, 0.25) is 0 Å². The Morgan fingerprint density at radius 1 is 1.25 bits per heavy atom. The molecule has 0 aliphatic heterocycles. The van der Waals surface area contributed by atoms with Crippen LogP contribution in [-0.2, 0) is 0 Å². The minimum atomic E-state index is -0.509. The van der Waals surface area contributed by atoms with Gasteiger partial charge in [0.1, 0.15) is 11.9 Å². The van der Waals surface area contributed by atoms with Crippen LogP contribution in [0.3, 0.4) is 0 Å². The van der Waals surface area contributed by atoms with Gasteiger partial charge in [-0.2, -0.15) is 5.26 Å². The number of halogens is 1. The number of carbonyl (C=O) groups is 1. The predicted octanol–water partition coefficient (Wildman–Crippen LogP) is 3.91. The van der Waals surface area contributed by atoms with Crippen LogP contribution in [0.25, 0.3) is 11.3 Å². The molecule has 0 bridgehead atoms. The molecule has 1 N–H and O–H groups in total. The Hall–Kier alpha value is -3.46. The van der Waals surface area contributed by atoms with Gasteiger partial charge in [-0.25, -0.2) is 9.37 Å². The first-order valence-electron chi connectivity index (χ1n) is 7.10. The first-order valence-corrected chi connectivity index (χ1v) is 7.10. The number of carbonyl (C=O) groups excluding carboxylic acids is 1. The van der Waals surface area contributed by atoms with E-state index < -0.39 is 5.91 Å². The van der Waals surface area contributed by atoms with Gasteiger partial charge in [-0.15, -0.1) is 0 Å². The number of nitrogens with one attached hydrogen (secondary N) is 1. The smallest absolute Gasteiger partial charge is 0.278 e. The summed E-state index contributed by atoms with van der Waals surface area (Å²) in [4.78, 5) is 16.4. The molecule has 24 heavy (non-hydrogen) atoms. The maximum absolute atomic E-state index is 13.0. The number of anilines is 1. The van der Waals surface area contributed by atoms with Gasteiger partial charge < -0.3 is 9.73 Å². The van der Waals surface area contributed by atoms with Crippen LogP contribution in [0.2, 0.25) is 0 Å². The zero-order valence-electron chi connectivity index (χ0n) is 12.7. The van der Waals surface area contributed by atoms with E-state index in [9.17, 15) is 14.4 Å². The van der Waals surface area contributed by atoms with Crippen molar-refractivity contribution < 1.29 is 13.6 Å². The van der Waals surface area contributed by atoms with Gasteiger partial charge in [0, 0.05) is 5.56 Å². The zero-order chi connectivity index (χ0) is 17.1. The molecule has 6 heteroatoms. The van der Waals surface area contributed by atoms with Crippen molar-refractivity contribution in [1.29, 1.82) is 5.26 Å². The molecule has 1 heterocycles. The third-order valence-corrected chi connectivity index (χ3v) is 3.52. The van der Waals surface area contributed by atoms with E-state index in [1.165, 1.54) is 24.3 Å². The van der Waals surface area contributed by atoms with Gasteiger partial charge in [-0.05, 0) is 42.8 Å². The number of nitriles is 1. The van der Waals surface area contributed by atoms with E-state index in [2.05, 4.69) is 16.4 Å². The molecule has 0 aliphatic carbocycles. The van der Waals surface area contributed by atoms with Crippen molar-refractivity contribution in [2.75, 3.05) is 5.32 Å². The fourth-order valence-corrected chi connectivity index (χ4v) is 2.32.